The quantitative estimate of drug-likeness (QED) is 0.616. The largest absolute Gasteiger partial charge is 0.396 e. The van der Waals surface area contributed by atoms with Crippen LogP contribution in [0.25, 0.3) is 0 Å². The van der Waals surface area contributed by atoms with Crippen molar-refractivity contribution in [2.75, 3.05) is 25.5 Å². The predicted molar refractivity (Wildman–Crippen MR) is 119 cm³/mol. The van der Waals surface area contributed by atoms with Crippen molar-refractivity contribution in [3.05, 3.63) is 29.3 Å². The maximum atomic E-state index is 13.8. The Kier molecular flexibility index (Phi) is 5.57. The average molecular weight is 444 g/mol. The second-order valence-corrected chi connectivity index (χ2v) is 9.68. The SMILES string of the molecule is CNC(=O)[C@@H]1[C@H]2C(=O)N(CCCO)C(C(=O)Nc3c(C)cccc3C)C23CC(C)[C@@]1(C)O3. The first-order valence-corrected chi connectivity index (χ1v) is 11.3. The van der Waals surface area contributed by atoms with Crippen molar-refractivity contribution < 1.29 is 24.2 Å². The van der Waals surface area contributed by atoms with E-state index in [0.717, 1.165) is 16.8 Å². The summed E-state index contributed by atoms with van der Waals surface area (Å²) in [5.41, 5.74) is 0.693. The molecule has 0 aliphatic carbocycles. The van der Waals surface area contributed by atoms with Gasteiger partial charge in [0.15, 0.2) is 0 Å². The van der Waals surface area contributed by atoms with Gasteiger partial charge in [0, 0.05) is 25.9 Å². The van der Waals surface area contributed by atoms with Gasteiger partial charge in [0.25, 0.3) is 0 Å². The highest BCUT2D eigenvalue weighted by Crippen LogP contribution is 2.65. The van der Waals surface area contributed by atoms with Crippen molar-refractivity contribution in [3.8, 4) is 0 Å². The van der Waals surface area contributed by atoms with E-state index in [2.05, 4.69) is 10.6 Å². The smallest absolute Gasteiger partial charge is 0.250 e. The number of ether oxygens (including phenoxy) is 1. The van der Waals surface area contributed by atoms with E-state index in [1.165, 1.54) is 4.90 Å². The van der Waals surface area contributed by atoms with Gasteiger partial charge in [-0.25, -0.2) is 0 Å². The van der Waals surface area contributed by atoms with Crippen molar-refractivity contribution >= 4 is 23.4 Å². The first kappa shape index (κ1) is 22.7. The Morgan fingerprint density at radius 1 is 1.25 bits per heavy atom. The molecule has 3 saturated heterocycles. The molecule has 3 aliphatic rings. The first-order valence-electron chi connectivity index (χ1n) is 11.3. The number of aryl methyl sites for hydroxylation is 2. The van der Waals surface area contributed by atoms with E-state index in [4.69, 9.17) is 4.74 Å². The Morgan fingerprint density at radius 2 is 1.91 bits per heavy atom. The molecule has 174 valence electrons. The minimum absolute atomic E-state index is 0.00198. The number of amides is 3. The molecule has 4 rings (SSSR count). The van der Waals surface area contributed by atoms with Gasteiger partial charge in [0.2, 0.25) is 17.7 Å². The second-order valence-electron chi connectivity index (χ2n) is 9.68. The van der Waals surface area contributed by atoms with E-state index in [1.54, 1.807) is 7.05 Å². The number of carbonyl (C=O) groups excluding carboxylic acids is 3. The molecular formula is C24H33N3O5. The van der Waals surface area contributed by atoms with E-state index in [9.17, 15) is 19.5 Å². The monoisotopic (exact) mass is 443 g/mol. The zero-order chi connectivity index (χ0) is 23.4. The molecule has 2 bridgehead atoms. The van der Waals surface area contributed by atoms with Crippen LogP contribution in [-0.2, 0) is 19.1 Å². The molecule has 6 atom stereocenters. The van der Waals surface area contributed by atoms with Gasteiger partial charge < -0.3 is 25.4 Å². The van der Waals surface area contributed by atoms with Crippen molar-refractivity contribution in [1.82, 2.24) is 10.2 Å². The summed E-state index contributed by atoms with van der Waals surface area (Å²) in [7, 11) is 1.56. The highest BCUT2D eigenvalue weighted by molar-refractivity contribution is 6.04. The van der Waals surface area contributed by atoms with Gasteiger partial charge in [-0.3, -0.25) is 14.4 Å². The number of para-hydroxylation sites is 1. The summed E-state index contributed by atoms with van der Waals surface area (Å²) in [6, 6.07) is 4.91. The number of aliphatic hydroxyl groups is 1. The third-order valence-corrected chi connectivity index (χ3v) is 7.88. The highest BCUT2D eigenvalue weighted by atomic mass is 16.5. The van der Waals surface area contributed by atoms with Crippen LogP contribution in [0.2, 0.25) is 0 Å². The molecule has 3 heterocycles. The standard InChI is InChI=1S/C24H33N3O5/c1-13-8-6-9-14(2)18(13)26-21(30)19-24-12-15(3)23(4,32-24)16(20(29)25-5)17(24)22(31)27(19)10-7-11-28/h6,8-9,15-17,19,28H,7,10-12H2,1-5H3,(H,25,29)(H,26,30)/t15?,16-,17-,19?,23+,24?/m0/s1. The van der Waals surface area contributed by atoms with E-state index < -0.39 is 29.1 Å². The number of rotatable bonds is 6. The van der Waals surface area contributed by atoms with Crippen LogP contribution in [0.4, 0.5) is 5.69 Å². The molecule has 0 aromatic heterocycles. The van der Waals surface area contributed by atoms with Crippen LogP contribution in [0.15, 0.2) is 18.2 Å². The Hall–Kier alpha value is -2.45. The Morgan fingerprint density at radius 3 is 2.50 bits per heavy atom. The third kappa shape index (κ3) is 2.99. The van der Waals surface area contributed by atoms with Crippen molar-refractivity contribution in [1.29, 1.82) is 0 Å². The number of nitrogens with one attached hydrogen (secondary N) is 2. The van der Waals surface area contributed by atoms with Crippen LogP contribution in [0, 0.1) is 31.6 Å². The summed E-state index contributed by atoms with van der Waals surface area (Å²) in [6.45, 7) is 7.89. The molecule has 3 fully saturated rings. The number of benzene rings is 1. The van der Waals surface area contributed by atoms with Gasteiger partial charge in [0.05, 0.1) is 17.4 Å². The van der Waals surface area contributed by atoms with Crippen LogP contribution in [-0.4, -0.2) is 65.2 Å². The summed E-state index contributed by atoms with van der Waals surface area (Å²) in [5, 5.41) is 15.1. The number of aliphatic hydroxyl groups excluding tert-OH is 1. The lowest BCUT2D eigenvalue weighted by Gasteiger charge is -2.36. The fraction of sp³-hybridized carbons (Fsp3) is 0.625. The highest BCUT2D eigenvalue weighted by Gasteiger charge is 2.79. The molecule has 0 saturated carbocycles. The van der Waals surface area contributed by atoms with Gasteiger partial charge >= 0.3 is 0 Å². The van der Waals surface area contributed by atoms with Crippen LogP contribution in [0.1, 0.15) is 37.8 Å². The third-order valence-electron chi connectivity index (χ3n) is 7.88. The lowest BCUT2D eigenvalue weighted by atomic mass is 9.62. The molecule has 3 unspecified atom stereocenters. The maximum Gasteiger partial charge on any atom is 0.250 e. The molecule has 8 heteroatoms. The number of carbonyl (C=O) groups is 3. The van der Waals surface area contributed by atoms with Crippen molar-refractivity contribution in [3.63, 3.8) is 0 Å². The lowest BCUT2D eigenvalue weighted by molar-refractivity contribution is -0.146. The summed E-state index contributed by atoms with van der Waals surface area (Å²) in [6.07, 6.45) is 0.868. The molecule has 1 aromatic rings. The Labute approximate surface area is 188 Å². The number of hydrogen-bond donors (Lipinski definition) is 3. The summed E-state index contributed by atoms with van der Waals surface area (Å²) >= 11 is 0. The van der Waals surface area contributed by atoms with Gasteiger partial charge in [-0.1, -0.05) is 25.1 Å². The maximum absolute atomic E-state index is 13.8. The molecule has 1 spiro atoms. The molecule has 3 amide bonds. The molecule has 32 heavy (non-hydrogen) atoms. The normalized spacial score (nSPS) is 35.2. The molecule has 3 aliphatic heterocycles. The van der Waals surface area contributed by atoms with Gasteiger partial charge in [-0.2, -0.15) is 0 Å². The number of nitrogens with zero attached hydrogens (tertiary/aromatic N) is 1. The number of likely N-dealkylation sites (tertiary alicyclic amines) is 1. The van der Waals surface area contributed by atoms with E-state index in [0.29, 0.717) is 12.8 Å². The zero-order valence-electron chi connectivity index (χ0n) is 19.4. The summed E-state index contributed by atoms with van der Waals surface area (Å²) in [4.78, 5) is 41.9. The molecule has 3 N–H and O–H groups in total. The Bertz CT molecular complexity index is 945. The van der Waals surface area contributed by atoms with Gasteiger partial charge in [-0.05, 0) is 50.7 Å². The minimum atomic E-state index is -1.07. The fourth-order valence-corrected chi connectivity index (χ4v) is 6.28. The Balaban J connectivity index is 1.78. The van der Waals surface area contributed by atoms with E-state index in [1.807, 2.05) is 45.9 Å². The van der Waals surface area contributed by atoms with Crippen molar-refractivity contribution in [2.45, 2.75) is 57.8 Å². The fourth-order valence-electron chi connectivity index (χ4n) is 6.28. The number of fused-ring (bicyclic) bond motifs is 1. The van der Waals surface area contributed by atoms with Gasteiger partial charge in [-0.15, -0.1) is 0 Å². The predicted octanol–water partition coefficient (Wildman–Crippen LogP) is 1.38. The van der Waals surface area contributed by atoms with Gasteiger partial charge in [0.1, 0.15) is 11.6 Å². The minimum Gasteiger partial charge on any atom is -0.396 e. The zero-order valence-corrected chi connectivity index (χ0v) is 19.4. The number of hydrogen-bond acceptors (Lipinski definition) is 5. The molecule has 0 radical (unpaired) electrons. The van der Waals surface area contributed by atoms with Crippen LogP contribution < -0.4 is 10.6 Å². The first-order chi connectivity index (χ1) is 15.1. The van der Waals surface area contributed by atoms with Crippen LogP contribution in [0.5, 0.6) is 0 Å². The van der Waals surface area contributed by atoms with E-state index >= 15 is 0 Å². The van der Waals surface area contributed by atoms with E-state index in [-0.39, 0.29) is 36.8 Å². The molecule has 1 aromatic carbocycles. The van der Waals surface area contributed by atoms with Crippen molar-refractivity contribution in [2.24, 2.45) is 17.8 Å². The second kappa shape index (κ2) is 7.85. The number of anilines is 1. The van der Waals surface area contributed by atoms with Crippen LogP contribution in [0.3, 0.4) is 0 Å². The molecular weight excluding hydrogens is 410 g/mol. The molecule has 8 nitrogen and oxygen atoms in total. The summed E-state index contributed by atoms with van der Waals surface area (Å²) in [5.74, 6) is -2.19. The van der Waals surface area contributed by atoms with Crippen LogP contribution >= 0.6 is 0 Å². The average Bonchev–Trinajstić information content (AvgIpc) is 3.25. The lowest BCUT2D eigenvalue weighted by Crippen LogP contribution is -2.54. The summed E-state index contributed by atoms with van der Waals surface area (Å²) < 4.78 is 6.59. The topological polar surface area (TPSA) is 108 Å².